The largest absolute Gasteiger partial charge is 0.329 e. The molecular formula is C11H17N2+. The fourth-order valence-electron chi connectivity index (χ4n) is 4.49. The molecule has 4 unspecified atom stereocenters. The molecule has 0 aromatic heterocycles. The van der Waals surface area contributed by atoms with Gasteiger partial charge in [-0.15, -0.1) is 0 Å². The third kappa shape index (κ3) is 0.518. The van der Waals surface area contributed by atoms with Gasteiger partial charge in [0.2, 0.25) is 0 Å². The van der Waals surface area contributed by atoms with Crippen molar-refractivity contribution in [2.24, 2.45) is 16.7 Å². The summed E-state index contributed by atoms with van der Waals surface area (Å²) in [4.78, 5) is 0. The summed E-state index contributed by atoms with van der Waals surface area (Å²) in [6.45, 7) is 5.95. The number of hydrogen-bond acceptors (Lipinski definition) is 1. The van der Waals surface area contributed by atoms with Crippen molar-refractivity contribution in [1.82, 2.24) is 0 Å². The molecule has 4 atom stereocenters. The molecule has 3 aliphatic rings. The van der Waals surface area contributed by atoms with Gasteiger partial charge >= 0.3 is 0 Å². The molecule has 13 heavy (non-hydrogen) atoms. The third-order valence-electron chi connectivity index (χ3n) is 5.78. The van der Waals surface area contributed by atoms with Gasteiger partial charge in [-0.25, -0.2) is 0 Å². The van der Waals surface area contributed by atoms with E-state index in [0.717, 1.165) is 12.3 Å². The van der Waals surface area contributed by atoms with Crippen LogP contribution in [0.4, 0.5) is 0 Å². The fraction of sp³-hybridized carbons (Fsp3) is 0.909. The van der Waals surface area contributed by atoms with Crippen LogP contribution in [-0.4, -0.2) is 12.1 Å². The van der Waals surface area contributed by atoms with Gasteiger partial charge < -0.3 is 5.32 Å². The Labute approximate surface area is 79.3 Å². The zero-order valence-electron chi connectivity index (χ0n) is 8.43. The summed E-state index contributed by atoms with van der Waals surface area (Å²) in [6.07, 6.45) is 3.79. The van der Waals surface area contributed by atoms with Crippen LogP contribution in [0.3, 0.4) is 0 Å². The number of nitrogens with zero attached hydrogens (tertiary/aromatic N) is 1. The first-order chi connectivity index (χ1) is 6.08. The van der Waals surface area contributed by atoms with Crippen molar-refractivity contribution >= 4 is 0 Å². The van der Waals surface area contributed by atoms with E-state index in [9.17, 15) is 5.26 Å². The fourth-order valence-corrected chi connectivity index (χ4v) is 4.49. The second-order valence-electron chi connectivity index (χ2n) is 5.68. The SMILES string of the molecule is CC12C[NH2+]C3(C#N)CC1CCC32C. The first-order valence-electron chi connectivity index (χ1n) is 5.34. The molecule has 3 fully saturated rings. The Morgan fingerprint density at radius 3 is 2.69 bits per heavy atom. The highest BCUT2D eigenvalue weighted by atomic mass is 15.1. The van der Waals surface area contributed by atoms with Crippen molar-refractivity contribution < 1.29 is 5.32 Å². The maximum atomic E-state index is 9.36. The van der Waals surface area contributed by atoms with Crippen molar-refractivity contribution in [1.29, 1.82) is 5.26 Å². The molecule has 1 aliphatic heterocycles. The van der Waals surface area contributed by atoms with Crippen molar-refractivity contribution in [2.45, 2.75) is 38.6 Å². The Morgan fingerprint density at radius 1 is 1.46 bits per heavy atom. The summed E-state index contributed by atoms with van der Waals surface area (Å²) in [7, 11) is 0. The van der Waals surface area contributed by atoms with E-state index in [-0.39, 0.29) is 5.54 Å². The van der Waals surface area contributed by atoms with E-state index in [1.54, 1.807) is 0 Å². The van der Waals surface area contributed by atoms with E-state index in [2.05, 4.69) is 25.2 Å². The second-order valence-corrected chi connectivity index (χ2v) is 5.68. The number of piperidine rings is 1. The molecule has 3 rings (SSSR count). The minimum Gasteiger partial charge on any atom is -0.329 e. The Balaban J connectivity index is 2.21. The Hall–Kier alpha value is -0.550. The average Bonchev–Trinajstić information content (AvgIpc) is 2.58. The average molecular weight is 177 g/mol. The molecule has 0 amide bonds. The lowest BCUT2D eigenvalue weighted by atomic mass is 9.66. The van der Waals surface area contributed by atoms with Gasteiger partial charge in [0.1, 0.15) is 6.07 Å². The molecule has 0 aromatic rings. The molecule has 70 valence electrons. The van der Waals surface area contributed by atoms with Crippen LogP contribution in [0.1, 0.15) is 33.1 Å². The summed E-state index contributed by atoms with van der Waals surface area (Å²) in [5.74, 6) is 0.835. The predicted molar refractivity (Wildman–Crippen MR) is 48.7 cm³/mol. The van der Waals surface area contributed by atoms with Crippen molar-refractivity contribution in [3.8, 4) is 6.07 Å². The Bertz CT molecular complexity index is 319. The van der Waals surface area contributed by atoms with Crippen LogP contribution in [0.15, 0.2) is 0 Å². The molecule has 0 spiro atoms. The monoisotopic (exact) mass is 177 g/mol. The molecule has 1 heterocycles. The molecule has 2 N–H and O–H groups in total. The van der Waals surface area contributed by atoms with Crippen LogP contribution in [0, 0.1) is 28.1 Å². The van der Waals surface area contributed by atoms with Gasteiger partial charge in [0.25, 0.3) is 0 Å². The maximum Gasteiger partial charge on any atom is 0.189 e. The zero-order valence-corrected chi connectivity index (χ0v) is 8.43. The topological polar surface area (TPSA) is 40.4 Å². The van der Waals surface area contributed by atoms with Gasteiger partial charge in [0, 0.05) is 17.3 Å². The van der Waals surface area contributed by atoms with E-state index in [0.29, 0.717) is 10.8 Å². The molecule has 1 saturated heterocycles. The molecular weight excluding hydrogens is 160 g/mol. The normalized spacial score (nSPS) is 62.7. The maximum absolute atomic E-state index is 9.36. The lowest BCUT2D eigenvalue weighted by Crippen LogP contribution is -2.96. The highest BCUT2D eigenvalue weighted by Crippen LogP contribution is 2.70. The summed E-state index contributed by atoms with van der Waals surface area (Å²) in [5.41, 5.74) is 0.715. The highest BCUT2D eigenvalue weighted by molar-refractivity contribution is 5.28. The van der Waals surface area contributed by atoms with Crippen LogP contribution in [0.5, 0.6) is 0 Å². The van der Waals surface area contributed by atoms with Gasteiger partial charge in [-0.2, -0.15) is 5.26 Å². The van der Waals surface area contributed by atoms with Gasteiger partial charge in [0.15, 0.2) is 5.54 Å². The molecule has 0 aromatic carbocycles. The molecule has 2 heteroatoms. The lowest BCUT2D eigenvalue weighted by Gasteiger charge is -2.33. The number of nitrogens with two attached hydrogens (primary N) is 1. The first kappa shape index (κ1) is 7.82. The van der Waals surface area contributed by atoms with Crippen molar-refractivity contribution in [3.05, 3.63) is 0 Å². The van der Waals surface area contributed by atoms with E-state index in [1.807, 2.05) is 0 Å². The predicted octanol–water partition coefficient (Wildman–Crippen LogP) is 0.652. The lowest BCUT2D eigenvalue weighted by molar-refractivity contribution is -0.713. The third-order valence-corrected chi connectivity index (χ3v) is 5.78. The summed E-state index contributed by atoms with van der Waals surface area (Å²) >= 11 is 0. The summed E-state index contributed by atoms with van der Waals surface area (Å²) < 4.78 is 0. The van der Waals surface area contributed by atoms with Crippen molar-refractivity contribution in [2.75, 3.05) is 6.54 Å². The smallest absolute Gasteiger partial charge is 0.189 e. The van der Waals surface area contributed by atoms with Gasteiger partial charge in [-0.05, 0) is 18.8 Å². The molecule has 4 bridgehead atoms. The van der Waals surface area contributed by atoms with E-state index < -0.39 is 0 Å². The van der Waals surface area contributed by atoms with Crippen LogP contribution >= 0.6 is 0 Å². The zero-order chi connectivity index (χ0) is 9.32. The van der Waals surface area contributed by atoms with Crippen molar-refractivity contribution in [3.63, 3.8) is 0 Å². The quantitative estimate of drug-likeness (QED) is 0.580. The minimum absolute atomic E-state index is 0.0509. The highest BCUT2D eigenvalue weighted by Gasteiger charge is 2.78. The first-order valence-corrected chi connectivity index (χ1v) is 5.34. The van der Waals surface area contributed by atoms with Gasteiger partial charge in [0.05, 0.1) is 6.54 Å². The van der Waals surface area contributed by atoms with Crippen LogP contribution in [0.2, 0.25) is 0 Å². The van der Waals surface area contributed by atoms with E-state index >= 15 is 0 Å². The molecule has 0 radical (unpaired) electrons. The summed E-state index contributed by atoms with van der Waals surface area (Å²) in [5, 5.41) is 11.7. The van der Waals surface area contributed by atoms with Gasteiger partial charge in [-0.1, -0.05) is 13.8 Å². The molecule has 2 nitrogen and oxygen atoms in total. The number of quaternary nitrogens is 1. The summed E-state index contributed by atoms with van der Waals surface area (Å²) in [6, 6.07) is 2.61. The second kappa shape index (κ2) is 1.79. The molecule has 2 aliphatic carbocycles. The number of nitriles is 1. The van der Waals surface area contributed by atoms with Crippen LogP contribution in [-0.2, 0) is 0 Å². The number of hydrogen-bond donors (Lipinski definition) is 1. The minimum atomic E-state index is -0.0509. The Kier molecular flexibility index (Phi) is 1.07. The van der Waals surface area contributed by atoms with E-state index in [4.69, 9.17) is 0 Å². The van der Waals surface area contributed by atoms with Crippen LogP contribution in [0.25, 0.3) is 0 Å². The van der Waals surface area contributed by atoms with E-state index in [1.165, 1.54) is 19.4 Å². The van der Waals surface area contributed by atoms with Crippen LogP contribution < -0.4 is 5.32 Å². The Morgan fingerprint density at radius 2 is 2.23 bits per heavy atom. The standard InChI is InChI=1S/C11H16N2/c1-9-7-13-11(6-12)5-8(9)3-4-10(9,11)2/h8,13H,3-5,7H2,1-2H3/p+1. The molecule has 2 saturated carbocycles. The van der Waals surface area contributed by atoms with Gasteiger partial charge in [-0.3, -0.25) is 0 Å². The number of rotatable bonds is 0.